The molecule has 0 aliphatic carbocycles. The third-order valence-electron chi connectivity index (χ3n) is 3.89. The van der Waals surface area contributed by atoms with Crippen LogP contribution in [0.4, 0.5) is 0 Å². The number of carbonyl (C=O) groups excluding carboxylic acids is 1. The molecule has 2 aromatic rings. The quantitative estimate of drug-likeness (QED) is 0.873. The minimum atomic E-state index is -0.127. The highest BCUT2D eigenvalue weighted by molar-refractivity contribution is 5.84. The summed E-state index contributed by atoms with van der Waals surface area (Å²) in [6, 6.07) is 17.6. The van der Waals surface area contributed by atoms with E-state index in [0.29, 0.717) is 0 Å². The van der Waals surface area contributed by atoms with Crippen molar-refractivity contribution in [1.82, 2.24) is 5.32 Å². The molecule has 0 aromatic heterocycles. The van der Waals surface area contributed by atoms with Gasteiger partial charge in [0.2, 0.25) is 5.91 Å². The maximum absolute atomic E-state index is 12.6. The Morgan fingerprint density at radius 3 is 2.36 bits per heavy atom. The molecule has 3 heteroatoms. The summed E-state index contributed by atoms with van der Waals surface area (Å²) in [5, 5.41) is 3.10. The first-order valence-corrected chi connectivity index (χ1v) is 7.65. The molecule has 0 saturated heterocycles. The van der Waals surface area contributed by atoms with Crippen molar-refractivity contribution in [1.29, 1.82) is 0 Å². The zero-order valence-electron chi connectivity index (χ0n) is 13.4. The Bertz CT molecular complexity index is 610. The van der Waals surface area contributed by atoms with Gasteiger partial charge in [-0.15, -0.1) is 0 Å². The minimum Gasteiger partial charge on any atom is -0.496 e. The van der Waals surface area contributed by atoms with Crippen LogP contribution in [0.5, 0.6) is 5.75 Å². The zero-order valence-corrected chi connectivity index (χ0v) is 13.4. The van der Waals surface area contributed by atoms with Crippen LogP contribution in [0, 0.1) is 0 Å². The predicted molar refractivity (Wildman–Crippen MR) is 89.0 cm³/mol. The molecular formula is C19H23NO2. The van der Waals surface area contributed by atoms with Crippen LogP contribution in [0.15, 0.2) is 54.6 Å². The van der Waals surface area contributed by atoms with E-state index in [4.69, 9.17) is 4.74 Å². The summed E-state index contributed by atoms with van der Waals surface area (Å²) in [6.45, 7) is 4.01. The fourth-order valence-corrected chi connectivity index (χ4v) is 2.67. The molecule has 2 rings (SSSR count). The Hall–Kier alpha value is -2.29. The van der Waals surface area contributed by atoms with E-state index in [0.717, 1.165) is 23.3 Å². The Morgan fingerprint density at radius 2 is 1.73 bits per heavy atom. The smallest absolute Gasteiger partial charge is 0.228 e. The molecule has 0 aliphatic rings. The van der Waals surface area contributed by atoms with Crippen molar-refractivity contribution in [3.63, 3.8) is 0 Å². The molecule has 2 aromatic carbocycles. The van der Waals surface area contributed by atoms with E-state index < -0.39 is 0 Å². The molecule has 0 saturated carbocycles. The third-order valence-corrected chi connectivity index (χ3v) is 3.89. The molecular weight excluding hydrogens is 274 g/mol. The Morgan fingerprint density at radius 1 is 1.09 bits per heavy atom. The van der Waals surface area contributed by atoms with Crippen LogP contribution in [0.2, 0.25) is 0 Å². The fraction of sp³-hybridized carbons (Fsp3) is 0.316. The van der Waals surface area contributed by atoms with E-state index in [9.17, 15) is 4.79 Å². The zero-order chi connectivity index (χ0) is 15.9. The monoisotopic (exact) mass is 297 g/mol. The van der Waals surface area contributed by atoms with Crippen molar-refractivity contribution in [3.05, 3.63) is 65.7 Å². The summed E-state index contributed by atoms with van der Waals surface area (Å²) < 4.78 is 5.37. The normalized spacial score (nSPS) is 13.2. The van der Waals surface area contributed by atoms with Crippen LogP contribution in [-0.2, 0) is 4.79 Å². The first-order chi connectivity index (χ1) is 10.7. The topological polar surface area (TPSA) is 38.3 Å². The lowest BCUT2D eigenvalue weighted by molar-refractivity contribution is -0.123. The van der Waals surface area contributed by atoms with Gasteiger partial charge in [-0.05, 0) is 25.0 Å². The van der Waals surface area contributed by atoms with Gasteiger partial charge in [-0.25, -0.2) is 0 Å². The molecule has 0 heterocycles. The van der Waals surface area contributed by atoms with Gasteiger partial charge < -0.3 is 10.1 Å². The van der Waals surface area contributed by atoms with Gasteiger partial charge in [-0.2, -0.15) is 0 Å². The highest BCUT2D eigenvalue weighted by Crippen LogP contribution is 2.26. The fourth-order valence-electron chi connectivity index (χ4n) is 2.67. The summed E-state index contributed by atoms with van der Waals surface area (Å²) >= 11 is 0. The number of methoxy groups -OCH3 is 1. The van der Waals surface area contributed by atoms with E-state index in [-0.39, 0.29) is 17.9 Å². The molecule has 1 amide bonds. The molecule has 0 spiro atoms. The second-order valence-corrected chi connectivity index (χ2v) is 5.34. The van der Waals surface area contributed by atoms with Crippen LogP contribution in [0.1, 0.15) is 43.4 Å². The van der Waals surface area contributed by atoms with Crippen LogP contribution in [0.3, 0.4) is 0 Å². The predicted octanol–water partition coefficient (Wildman–Crippen LogP) is 4.07. The average Bonchev–Trinajstić information content (AvgIpc) is 2.56. The van der Waals surface area contributed by atoms with Crippen LogP contribution >= 0.6 is 0 Å². The van der Waals surface area contributed by atoms with Gasteiger partial charge in [0.15, 0.2) is 0 Å². The average molecular weight is 297 g/mol. The molecule has 1 N–H and O–H groups in total. The van der Waals surface area contributed by atoms with Gasteiger partial charge in [0.05, 0.1) is 19.1 Å². The summed E-state index contributed by atoms with van der Waals surface area (Å²) in [5.41, 5.74) is 2.04. The molecule has 0 radical (unpaired) electrons. The molecule has 22 heavy (non-hydrogen) atoms. The number of carbonyl (C=O) groups is 1. The van der Waals surface area contributed by atoms with Crippen molar-refractivity contribution in [3.8, 4) is 5.75 Å². The number of ether oxygens (including phenoxy) is 1. The van der Waals surface area contributed by atoms with E-state index in [2.05, 4.69) is 5.32 Å². The highest BCUT2D eigenvalue weighted by atomic mass is 16.5. The molecule has 0 fully saturated rings. The first kappa shape index (κ1) is 16.1. The molecule has 3 nitrogen and oxygen atoms in total. The minimum absolute atomic E-state index is 0.0482. The summed E-state index contributed by atoms with van der Waals surface area (Å²) in [6.07, 6.45) is 0.772. The number of rotatable bonds is 6. The van der Waals surface area contributed by atoms with Crippen LogP contribution < -0.4 is 10.1 Å². The number of amides is 1. The van der Waals surface area contributed by atoms with Crippen molar-refractivity contribution >= 4 is 5.91 Å². The third kappa shape index (κ3) is 3.67. The largest absolute Gasteiger partial charge is 0.496 e. The Labute approximate surface area is 132 Å². The van der Waals surface area contributed by atoms with Crippen molar-refractivity contribution in [2.24, 2.45) is 0 Å². The highest BCUT2D eigenvalue weighted by Gasteiger charge is 2.21. The maximum atomic E-state index is 12.6. The standard InChI is InChI=1S/C19H23NO2/c1-4-16(15-10-6-5-7-11-15)19(21)20-14(2)17-12-8-9-13-18(17)22-3/h5-14,16H,4H2,1-3H3,(H,20,21)/t14-,16-/m1/s1. The summed E-state index contributed by atoms with van der Waals surface area (Å²) in [5.74, 6) is 0.716. The number of benzene rings is 2. The first-order valence-electron chi connectivity index (χ1n) is 7.65. The SMILES string of the molecule is CC[C@@H](C(=O)N[C@H](C)c1ccccc1OC)c1ccccc1. The number of hydrogen-bond donors (Lipinski definition) is 1. The van der Waals surface area contributed by atoms with Crippen molar-refractivity contribution in [2.45, 2.75) is 32.2 Å². The Balaban J connectivity index is 2.13. The lowest BCUT2D eigenvalue weighted by Crippen LogP contribution is -2.31. The number of nitrogens with one attached hydrogen (secondary N) is 1. The molecule has 116 valence electrons. The van der Waals surface area contributed by atoms with Crippen LogP contribution in [-0.4, -0.2) is 13.0 Å². The molecule has 0 unspecified atom stereocenters. The molecule has 2 atom stereocenters. The van der Waals surface area contributed by atoms with Gasteiger partial charge in [0, 0.05) is 5.56 Å². The second kappa shape index (κ2) is 7.64. The van der Waals surface area contributed by atoms with Gasteiger partial charge in [0.1, 0.15) is 5.75 Å². The molecule has 0 aliphatic heterocycles. The van der Waals surface area contributed by atoms with E-state index in [1.165, 1.54) is 0 Å². The lowest BCUT2D eigenvalue weighted by atomic mass is 9.95. The number of hydrogen-bond acceptors (Lipinski definition) is 2. The van der Waals surface area contributed by atoms with Gasteiger partial charge in [-0.3, -0.25) is 4.79 Å². The van der Waals surface area contributed by atoms with Gasteiger partial charge in [-0.1, -0.05) is 55.5 Å². The van der Waals surface area contributed by atoms with E-state index in [1.807, 2.05) is 68.4 Å². The summed E-state index contributed by atoms with van der Waals surface area (Å²) in [4.78, 5) is 12.6. The second-order valence-electron chi connectivity index (χ2n) is 5.34. The van der Waals surface area contributed by atoms with Crippen LogP contribution in [0.25, 0.3) is 0 Å². The van der Waals surface area contributed by atoms with E-state index >= 15 is 0 Å². The van der Waals surface area contributed by atoms with Gasteiger partial charge >= 0.3 is 0 Å². The molecule has 0 bridgehead atoms. The number of para-hydroxylation sites is 1. The van der Waals surface area contributed by atoms with Crippen molar-refractivity contribution < 1.29 is 9.53 Å². The Kier molecular flexibility index (Phi) is 5.59. The summed E-state index contributed by atoms with van der Waals surface area (Å²) in [7, 11) is 1.65. The van der Waals surface area contributed by atoms with E-state index in [1.54, 1.807) is 7.11 Å². The van der Waals surface area contributed by atoms with Crippen molar-refractivity contribution in [2.75, 3.05) is 7.11 Å². The maximum Gasteiger partial charge on any atom is 0.228 e. The lowest BCUT2D eigenvalue weighted by Gasteiger charge is -2.21. The van der Waals surface area contributed by atoms with Gasteiger partial charge in [0.25, 0.3) is 0 Å².